The number of hydrogen-bond donors (Lipinski definition) is 1. The normalized spacial score (nSPS) is 31.9. The highest BCUT2D eigenvalue weighted by molar-refractivity contribution is 6.01. The van der Waals surface area contributed by atoms with Crippen LogP contribution in [0.5, 0.6) is 0 Å². The molecule has 2 aliphatic heterocycles. The van der Waals surface area contributed by atoms with Crippen LogP contribution in [0.25, 0.3) is 0 Å². The van der Waals surface area contributed by atoms with E-state index in [-0.39, 0.29) is 17.2 Å². The Kier molecular flexibility index (Phi) is 3.35. The van der Waals surface area contributed by atoms with Crippen molar-refractivity contribution in [2.75, 3.05) is 14.1 Å². The van der Waals surface area contributed by atoms with Crippen molar-refractivity contribution in [1.82, 2.24) is 9.80 Å². The van der Waals surface area contributed by atoms with Crippen LogP contribution in [0.2, 0.25) is 0 Å². The summed E-state index contributed by atoms with van der Waals surface area (Å²) in [6, 6.07) is -0.168. The van der Waals surface area contributed by atoms with Crippen LogP contribution in [0.3, 0.4) is 0 Å². The highest BCUT2D eigenvalue weighted by atomic mass is 16.4. The van der Waals surface area contributed by atoms with Crippen LogP contribution in [0.1, 0.15) is 40.0 Å². The third-order valence-electron chi connectivity index (χ3n) is 4.62. The molecule has 2 rings (SSSR count). The van der Waals surface area contributed by atoms with E-state index in [2.05, 4.69) is 0 Å². The largest absolute Gasteiger partial charge is 0.465 e. The monoisotopic (exact) mass is 280 g/mol. The quantitative estimate of drug-likeness (QED) is 0.749. The van der Waals surface area contributed by atoms with Crippen LogP contribution >= 0.6 is 0 Å². The lowest BCUT2D eigenvalue weighted by atomic mass is 9.65. The molecular weight excluding hydrogens is 256 g/mol. The van der Waals surface area contributed by atoms with Crippen LogP contribution in [0.15, 0.2) is 11.8 Å². The molecule has 2 aliphatic rings. The van der Waals surface area contributed by atoms with Gasteiger partial charge in [-0.15, -0.1) is 0 Å². The molecule has 0 radical (unpaired) electrons. The van der Waals surface area contributed by atoms with Crippen molar-refractivity contribution in [3.63, 3.8) is 0 Å². The Morgan fingerprint density at radius 2 is 2.05 bits per heavy atom. The van der Waals surface area contributed by atoms with Crippen LogP contribution in [-0.4, -0.2) is 52.5 Å². The Morgan fingerprint density at radius 1 is 1.45 bits per heavy atom. The smallest absolute Gasteiger partial charge is 0.408 e. The molecule has 112 valence electrons. The maximum atomic E-state index is 12.5. The minimum Gasteiger partial charge on any atom is -0.465 e. The van der Waals surface area contributed by atoms with Gasteiger partial charge in [0, 0.05) is 38.3 Å². The molecule has 0 aromatic rings. The predicted molar refractivity (Wildman–Crippen MR) is 76.5 cm³/mol. The Labute approximate surface area is 120 Å². The van der Waals surface area contributed by atoms with Crippen molar-refractivity contribution in [3.05, 3.63) is 11.8 Å². The number of carbonyl (C=O) groups excluding carboxylic acids is 1. The second-order valence-corrected chi connectivity index (χ2v) is 7.09. The highest BCUT2D eigenvalue weighted by Gasteiger charge is 2.62. The van der Waals surface area contributed by atoms with Gasteiger partial charge in [0.15, 0.2) is 5.78 Å². The average Bonchev–Trinajstić information content (AvgIpc) is 2.58. The second kappa shape index (κ2) is 4.50. The molecule has 5 nitrogen and oxygen atoms in total. The van der Waals surface area contributed by atoms with Gasteiger partial charge < -0.3 is 10.0 Å². The summed E-state index contributed by atoms with van der Waals surface area (Å²) in [6.07, 6.45) is 2.69. The van der Waals surface area contributed by atoms with Gasteiger partial charge in [0.05, 0.1) is 5.54 Å². The summed E-state index contributed by atoms with van der Waals surface area (Å²) < 4.78 is 0. The molecule has 2 atom stereocenters. The second-order valence-electron chi connectivity index (χ2n) is 7.09. The highest BCUT2D eigenvalue weighted by Crippen LogP contribution is 2.54. The molecule has 2 unspecified atom stereocenters. The van der Waals surface area contributed by atoms with Gasteiger partial charge in [-0.3, -0.25) is 9.69 Å². The number of Topliss-reactive ketones (excluding diaryl/α,β-unsaturated/α-hetero) is 1. The zero-order valence-corrected chi connectivity index (χ0v) is 12.9. The lowest BCUT2D eigenvalue weighted by molar-refractivity contribution is -0.121. The van der Waals surface area contributed by atoms with Gasteiger partial charge in [0.1, 0.15) is 0 Å². The molecule has 5 heteroatoms. The Balaban J connectivity index is 2.66. The molecule has 20 heavy (non-hydrogen) atoms. The first-order valence-electron chi connectivity index (χ1n) is 7.05. The lowest BCUT2D eigenvalue weighted by Crippen LogP contribution is -2.63. The van der Waals surface area contributed by atoms with Crippen LogP contribution in [0.4, 0.5) is 4.79 Å². The fourth-order valence-corrected chi connectivity index (χ4v) is 3.85. The van der Waals surface area contributed by atoms with E-state index in [1.54, 1.807) is 4.90 Å². The number of nitrogens with zero attached hydrogens (tertiary/aromatic N) is 2. The maximum Gasteiger partial charge on any atom is 0.408 e. The minimum absolute atomic E-state index is 0.0913. The first-order chi connectivity index (χ1) is 9.11. The van der Waals surface area contributed by atoms with Gasteiger partial charge in [-0.2, -0.15) is 0 Å². The summed E-state index contributed by atoms with van der Waals surface area (Å²) >= 11 is 0. The van der Waals surface area contributed by atoms with Crippen molar-refractivity contribution in [1.29, 1.82) is 0 Å². The van der Waals surface area contributed by atoms with Crippen molar-refractivity contribution < 1.29 is 14.7 Å². The van der Waals surface area contributed by atoms with E-state index in [0.717, 1.165) is 12.8 Å². The number of piperidine rings is 1. The summed E-state index contributed by atoms with van der Waals surface area (Å²) in [6.45, 7) is 6.06. The van der Waals surface area contributed by atoms with Gasteiger partial charge >= 0.3 is 6.09 Å². The SMILES string of the molecule is CN(C)/C=C1/C(=O)CC2CCC1(C(C)(C)C)N2C(=O)O. The summed E-state index contributed by atoms with van der Waals surface area (Å²) in [5.41, 5.74) is -0.382. The van der Waals surface area contributed by atoms with E-state index >= 15 is 0 Å². The maximum absolute atomic E-state index is 12.5. The van der Waals surface area contributed by atoms with E-state index in [1.807, 2.05) is 46.0 Å². The Hall–Kier alpha value is -1.52. The van der Waals surface area contributed by atoms with Gasteiger partial charge in [-0.1, -0.05) is 20.8 Å². The number of rotatable bonds is 1. The van der Waals surface area contributed by atoms with Gasteiger partial charge in [-0.05, 0) is 18.3 Å². The summed E-state index contributed by atoms with van der Waals surface area (Å²) in [7, 11) is 3.73. The topological polar surface area (TPSA) is 60.9 Å². The minimum atomic E-state index is -0.917. The van der Waals surface area contributed by atoms with E-state index in [0.29, 0.717) is 12.0 Å². The predicted octanol–water partition coefficient (Wildman–Crippen LogP) is 2.33. The molecule has 0 aliphatic carbocycles. The molecule has 2 heterocycles. The van der Waals surface area contributed by atoms with E-state index in [1.165, 1.54) is 0 Å². The zero-order chi connectivity index (χ0) is 15.3. The summed E-state index contributed by atoms with van der Waals surface area (Å²) in [4.78, 5) is 27.7. The Morgan fingerprint density at radius 3 is 2.50 bits per heavy atom. The number of hydrogen-bond acceptors (Lipinski definition) is 3. The number of ketones is 1. The number of amides is 1. The molecule has 1 N–H and O–H groups in total. The average molecular weight is 280 g/mol. The van der Waals surface area contributed by atoms with E-state index in [9.17, 15) is 14.7 Å². The first kappa shape index (κ1) is 14.9. The van der Waals surface area contributed by atoms with Gasteiger partial charge in [0.25, 0.3) is 0 Å². The van der Waals surface area contributed by atoms with Gasteiger partial charge in [0.2, 0.25) is 0 Å². The van der Waals surface area contributed by atoms with Crippen molar-refractivity contribution in [3.8, 4) is 0 Å². The summed E-state index contributed by atoms with van der Waals surface area (Å²) in [5.74, 6) is 0.0913. The molecule has 2 saturated heterocycles. The molecule has 2 fully saturated rings. The Bertz CT molecular complexity index is 476. The molecule has 0 aromatic carbocycles. The molecular formula is C15H24N2O3. The molecule has 1 amide bonds. The third kappa shape index (κ3) is 1.91. The van der Waals surface area contributed by atoms with Crippen molar-refractivity contribution >= 4 is 11.9 Å². The van der Waals surface area contributed by atoms with E-state index < -0.39 is 11.6 Å². The molecule has 0 aromatic heterocycles. The summed E-state index contributed by atoms with van der Waals surface area (Å²) in [5, 5.41) is 9.66. The van der Waals surface area contributed by atoms with Crippen LogP contribution in [-0.2, 0) is 4.79 Å². The van der Waals surface area contributed by atoms with Crippen molar-refractivity contribution in [2.24, 2.45) is 5.41 Å². The van der Waals surface area contributed by atoms with Crippen LogP contribution < -0.4 is 0 Å². The van der Waals surface area contributed by atoms with Gasteiger partial charge in [-0.25, -0.2) is 4.79 Å². The number of carbonyl (C=O) groups is 2. The fraction of sp³-hybridized carbons (Fsp3) is 0.733. The molecule has 2 bridgehead atoms. The molecule has 0 saturated carbocycles. The van der Waals surface area contributed by atoms with Crippen LogP contribution in [0, 0.1) is 5.41 Å². The third-order valence-corrected chi connectivity index (χ3v) is 4.62. The first-order valence-corrected chi connectivity index (χ1v) is 7.05. The number of fused-ring (bicyclic) bond motifs is 2. The standard InChI is InChI=1S/C15H24N2O3/c1-14(2,3)15-7-6-10(17(15)13(19)20)8-12(18)11(15)9-16(4)5/h9-10H,6-8H2,1-5H3,(H,19,20)/b11-9-. The lowest BCUT2D eigenvalue weighted by Gasteiger charge is -2.52. The number of carboxylic acid groups (broad SMARTS) is 1. The zero-order valence-electron chi connectivity index (χ0n) is 12.9. The molecule has 0 spiro atoms. The fourth-order valence-electron chi connectivity index (χ4n) is 3.85. The van der Waals surface area contributed by atoms with E-state index in [4.69, 9.17) is 0 Å². The van der Waals surface area contributed by atoms with Crippen molar-refractivity contribution in [2.45, 2.75) is 51.6 Å².